The zero-order chi connectivity index (χ0) is 29.4. The molecule has 1 aliphatic rings. The molecular formula is C28H19Cl2N5O5S. The fraction of sp³-hybridized carbons (Fsp3) is 0.0714. The van der Waals surface area contributed by atoms with Crippen LogP contribution in [0, 0.1) is 24.0 Å². The number of rotatable bonds is 6. The molecule has 0 saturated carbocycles. The number of amides is 2. The lowest BCUT2D eigenvalue weighted by molar-refractivity contribution is -0.385. The fourth-order valence-electron chi connectivity index (χ4n) is 4.35. The average molecular weight is 608 g/mol. The smallest absolute Gasteiger partial charge is 0.287 e. The molecular weight excluding hydrogens is 589 g/mol. The number of ether oxygens (including phenoxy) is 1. The first-order chi connectivity index (χ1) is 19.5. The fourth-order valence-corrected chi connectivity index (χ4v) is 5.01. The summed E-state index contributed by atoms with van der Waals surface area (Å²) in [5, 5.41) is 13.6. The Balaban J connectivity index is 1.42. The SMILES string of the molecule is Cc1cc(/C=C2\C(=O)NC(=S)N(c3cccc(Cl)c3Cl)C2=O)c(C)n1-c1ccc(Oc2ccc([N+](=O)[O-])cn2)cc1. The van der Waals surface area contributed by atoms with Crippen LogP contribution in [0.25, 0.3) is 11.8 Å². The lowest BCUT2D eigenvalue weighted by Crippen LogP contribution is -2.54. The van der Waals surface area contributed by atoms with Gasteiger partial charge in [-0.15, -0.1) is 0 Å². The molecule has 10 nitrogen and oxygen atoms in total. The Morgan fingerprint density at radius 1 is 1.07 bits per heavy atom. The second kappa shape index (κ2) is 11.1. The molecule has 1 N–H and O–H groups in total. The molecule has 1 saturated heterocycles. The number of carbonyl (C=O) groups is 2. The van der Waals surface area contributed by atoms with Crippen molar-refractivity contribution in [1.82, 2.24) is 14.9 Å². The average Bonchev–Trinajstić information content (AvgIpc) is 3.22. The third kappa shape index (κ3) is 5.42. The van der Waals surface area contributed by atoms with Crippen molar-refractivity contribution in [3.05, 3.63) is 110 Å². The highest BCUT2D eigenvalue weighted by molar-refractivity contribution is 7.80. The van der Waals surface area contributed by atoms with Crippen LogP contribution >= 0.6 is 35.4 Å². The number of aryl methyl sites for hydroxylation is 1. The summed E-state index contributed by atoms with van der Waals surface area (Å²) in [4.78, 5) is 41.7. The van der Waals surface area contributed by atoms with Gasteiger partial charge in [-0.3, -0.25) is 29.9 Å². The number of thiocarbonyl (C=S) groups is 1. The van der Waals surface area contributed by atoms with Crippen LogP contribution in [0.4, 0.5) is 11.4 Å². The Morgan fingerprint density at radius 2 is 1.80 bits per heavy atom. The molecule has 1 aliphatic heterocycles. The van der Waals surface area contributed by atoms with Crippen LogP contribution in [-0.2, 0) is 9.59 Å². The van der Waals surface area contributed by atoms with Crippen LogP contribution in [0.1, 0.15) is 17.0 Å². The summed E-state index contributed by atoms with van der Waals surface area (Å²) in [6.45, 7) is 3.77. The number of nitro groups is 1. The Hall–Kier alpha value is -4.58. The van der Waals surface area contributed by atoms with E-state index >= 15 is 0 Å². The molecule has 206 valence electrons. The molecule has 0 unspecified atom stereocenters. The predicted molar refractivity (Wildman–Crippen MR) is 159 cm³/mol. The van der Waals surface area contributed by atoms with Crippen molar-refractivity contribution < 1.29 is 19.2 Å². The van der Waals surface area contributed by atoms with Gasteiger partial charge in [0.2, 0.25) is 5.88 Å². The van der Waals surface area contributed by atoms with E-state index in [9.17, 15) is 19.7 Å². The number of carbonyl (C=O) groups excluding carboxylic acids is 2. The van der Waals surface area contributed by atoms with E-state index in [1.54, 1.807) is 30.3 Å². The third-order valence-corrected chi connectivity index (χ3v) is 7.39. The Morgan fingerprint density at radius 3 is 2.46 bits per heavy atom. The molecule has 0 aliphatic carbocycles. The highest BCUT2D eigenvalue weighted by atomic mass is 35.5. The number of aromatic nitrogens is 2. The molecule has 5 rings (SSSR count). The van der Waals surface area contributed by atoms with Crippen molar-refractivity contribution in [2.75, 3.05) is 4.90 Å². The van der Waals surface area contributed by atoms with E-state index in [4.69, 9.17) is 40.2 Å². The molecule has 3 heterocycles. The molecule has 4 aromatic rings. The molecule has 2 aromatic heterocycles. The van der Waals surface area contributed by atoms with Gasteiger partial charge in [0.1, 0.15) is 17.5 Å². The summed E-state index contributed by atoms with van der Waals surface area (Å²) in [6, 6.07) is 16.5. The van der Waals surface area contributed by atoms with Crippen molar-refractivity contribution in [2.45, 2.75) is 13.8 Å². The number of nitrogens with zero attached hydrogens (tertiary/aromatic N) is 4. The van der Waals surface area contributed by atoms with Crippen LogP contribution in [0.15, 0.2) is 72.4 Å². The van der Waals surface area contributed by atoms with Gasteiger partial charge in [0.25, 0.3) is 17.5 Å². The Kier molecular flexibility index (Phi) is 7.59. The summed E-state index contributed by atoms with van der Waals surface area (Å²) in [6.07, 6.45) is 2.64. The molecule has 13 heteroatoms. The van der Waals surface area contributed by atoms with Gasteiger partial charge < -0.3 is 9.30 Å². The molecule has 2 aromatic carbocycles. The summed E-state index contributed by atoms with van der Waals surface area (Å²) in [5.74, 6) is -0.552. The lowest BCUT2D eigenvalue weighted by Gasteiger charge is -2.29. The maximum absolute atomic E-state index is 13.5. The normalized spacial score (nSPS) is 14.4. The van der Waals surface area contributed by atoms with Gasteiger partial charge in [0, 0.05) is 29.2 Å². The van der Waals surface area contributed by atoms with E-state index in [-0.39, 0.29) is 38.0 Å². The number of nitrogens with one attached hydrogen (secondary N) is 1. The minimum absolute atomic E-state index is 0.0991. The minimum Gasteiger partial charge on any atom is -0.439 e. The first-order valence-electron chi connectivity index (χ1n) is 12.0. The van der Waals surface area contributed by atoms with Gasteiger partial charge in [-0.2, -0.15) is 0 Å². The topological polar surface area (TPSA) is 120 Å². The van der Waals surface area contributed by atoms with Crippen molar-refractivity contribution in [2.24, 2.45) is 0 Å². The molecule has 0 radical (unpaired) electrons. The molecule has 41 heavy (non-hydrogen) atoms. The predicted octanol–water partition coefficient (Wildman–Crippen LogP) is 6.33. The highest BCUT2D eigenvalue weighted by Gasteiger charge is 2.36. The summed E-state index contributed by atoms with van der Waals surface area (Å²) in [7, 11) is 0. The maximum Gasteiger partial charge on any atom is 0.287 e. The zero-order valence-electron chi connectivity index (χ0n) is 21.4. The molecule has 1 fully saturated rings. The maximum atomic E-state index is 13.5. The molecule has 2 amide bonds. The standard InChI is InChI=1S/C28H19Cl2N5O5S/c1-15-12-17(13-21-26(36)32-28(41)34(27(21)37)23-5-3-4-22(29)25(23)30)16(2)33(15)18-6-9-20(10-7-18)40-24-11-8-19(14-31-24)35(38)39/h3-14H,1-2H3,(H,32,36,41)/b21-13+. The summed E-state index contributed by atoms with van der Waals surface area (Å²) >= 11 is 17.7. The zero-order valence-corrected chi connectivity index (χ0v) is 23.8. The van der Waals surface area contributed by atoms with Crippen LogP contribution in [0.3, 0.4) is 0 Å². The van der Waals surface area contributed by atoms with E-state index in [1.165, 1.54) is 18.2 Å². The number of pyridine rings is 1. The van der Waals surface area contributed by atoms with Crippen LogP contribution in [0.2, 0.25) is 10.0 Å². The van der Waals surface area contributed by atoms with E-state index in [2.05, 4.69) is 10.3 Å². The minimum atomic E-state index is -0.630. The van der Waals surface area contributed by atoms with Crippen molar-refractivity contribution >= 4 is 69.8 Å². The van der Waals surface area contributed by atoms with Gasteiger partial charge in [0.05, 0.1) is 20.7 Å². The van der Waals surface area contributed by atoms with Crippen LogP contribution in [-0.4, -0.2) is 31.4 Å². The Labute approximate surface area is 248 Å². The van der Waals surface area contributed by atoms with Gasteiger partial charge in [-0.1, -0.05) is 29.3 Å². The number of halogens is 2. The quantitative estimate of drug-likeness (QED) is 0.0894. The first-order valence-corrected chi connectivity index (χ1v) is 13.1. The largest absolute Gasteiger partial charge is 0.439 e. The summed E-state index contributed by atoms with van der Waals surface area (Å²) in [5.41, 5.74) is 3.11. The monoisotopic (exact) mass is 607 g/mol. The number of hydrogen-bond acceptors (Lipinski definition) is 7. The number of hydrogen-bond donors (Lipinski definition) is 1. The van der Waals surface area contributed by atoms with Crippen LogP contribution < -0.4 is 15.0 Å². The van der Waals surface area contributed by atoms with E-state index in [1.807, 2.05) is 36.6 Å². The first kappa shape index (κ1) is 28.0. The third-order valence-electron chi connectivity index (χ3n) is 6.29. The lowest BCUT2D eigenvalue weighted by atomic mass is 10.1. The highest BCUT2D eigenvalue weighted by Crippen LogP contribution is 2.35. The van der Waals surface area contributed by atoms with E-state index in [0.717, 1.165) is 28.2 Å². The second-order valence-corrected chi connectivity index (χ2v) is 10.1. The second-order valence-electron chi connectivity index (χ2n) is 8.90. The van der Waals surface area contributed by atoms with Crippen molar-refractivity contribution in [3.8, 4) is 17.3 Å². The van der Waals surface area contributed by atoms with Gasteiger partial charge in [-0.25, -0.2) is 4.98 Å². The molecule has 0 spiro atoms. The Bertz CT molecular complexity index is 1770. The van der Waals surface area contributed by atoms with Crippen molar-refractivity contribution in [1.29, 1.82) is 0 Å². The number of benzene rings is 2. The molecule has 0 bridgehead atoms. The van der Waals surface area contributed by atoms with Gasteiger partial charge >= 0.3 is 0 Å². The summed E-state index contributed by atoms with van der Waals surface area (Å²) < 4.78 is 7.66. The van der Waals surface area contributed by atoms with Gasteiger partial charge in [-0.05, 0) is 80.2 Å². The molecule has 0 atom stereocenters. The number of anilines is 1. The van der Waals surface area contributed by atoms with Crippen molar-refractivity contribution in [3.63, 3.8) is 0 Å². The van der Waals surface area contributed by atoms with E-state index < -0.39 is 16.7 Å². The van der Waals surface area contributed by atoms with Gasteiger partial charge in [0.15, 0.2) is 5.11 Å². The van der Waals surface area contributed by atoms with E-state index in [0.29, 0.717) is 11.3 Å². The van der Waals surface area contributed by atoms with Crippen LogP contribution in [0.5, 0.6) is 11.6 Å².